The molecule has 11 heteroatoms. The van der Waals surface area contributed by atoms with Gasteiger partial charge < -0.3 is 28.8 Å². The third-order valence-electron chi connectivity index (χ3n) is 5.47. The van der Waals surface area contributed by atoms with Gasteiger partial charge in [0.05, 0.1) is 23.5 Å². The Kier molecular flexibility index (Phi) is 5.90. The van der Waals surface area contributed by atoms with Gasteiger partial charge in [0.1, 0.15) is 0 Å². The SMILES string of the molecule is CC(=O)O[C@H]1CC[C@@H](C)O[C@]12OC=C1C(=O)[C@](C)(OC(C)=O)C(=O)C(O)=C1[C@@H]2OC(C)=O. The zero-order valence-electron chi connectivity index (χ0n) is 18.3. The molecule has 1 spiro atoms. The molecule has 0 aromatic carbocycles. The van der Waals surface area contributed by atoms with E-state index in [1.54, 1.807) is 6.92 Å². The molecule has 3 aliphatic rings. The van der Waals surface area contributed by atoms with E-state index >= 15 is 0 Å². The summed E-state index contributed by atoms with van der Waals surface area (Å²) >= 11 is 0. The first-order valence-corrected chi connectivity index (χ1v) is 9.96. The van der Waals surface area contributed by atoms with Crippen molar-refractivity contribution in [2.24, 2.45) is 0 Å². The van der Waals surface area contributed by atoms with E-state index in [9.17, 15) is 29.1 Å². The fraction of sp³-hybridized carbons (Fsp3) is 0.571. The highest BCUT2D eigenvalue weighted by Gasteiger charge is 2.64. The lowest BCUT2D eigenvalue weighted by Gasteiger charge is -2.50. The van der Waals surface area contributed by atoms with Crippen molar-refractivity contribution < 1.29 is 52.8 Å². The Bertz CT molecular complexity index is 961. The number of hydrogen-bond acceptors (Lipinski definition) is 11. The summed E-state index contributed by atoms with van der Waals surface area (Å²) in [6.07, 6.45) is -1.52. The molecule has 1 saturated heterocycles. The van der Waals surface area contributed by atoms with E-state index in [4.69, 9.17) is 23.7 Å². The number of aliphatic hydroxyl groups is 1. The molecule has 1 fully saturated rings. The molecule has 174 valence electrons. The largest absolute Gasteiger partial charge is 0.504 e. The maximum atomic E-state index is 13.1. The molecule has 1 N–H and O–H groups in total. The molecule has 3 rings (SSSR count). The second-order valence-corrected chi connectivity index (χ2v) is 8.01. The van der Waals surface area contributed by atoms with Gasteiger partial charge in [-0.1, -0.05) is 0 Å². The zero-order valence-corrected chi connectivity index (χ0v) is 18.3. The van der Waals surface area contributed by atoms with E-state index in [0.29, 0.717) is 6.42 Å². The minimum atomic E-state index is -2.34. The molecular weight excluding hydrogens is 428 g/mol. The van der Waals surface area contributed by atoms with Gasteiger partial charge in [0, 0.05) is 20.8 Å². The van der Waals surface area contributed by atoms with Gasteiger partial charge in [0.15, 0.2) is 11.9 Å². The van der Waals surface area contributed by atoms with E-state index in [2.05, 4.69) is 0 Å². The lowest BCUT2D eigenvalue weighted by Crippen LogP contribution is -2.65. The summed E-state index contributed by atoms with van der Waals surface area (Å²) in [5, 5.41) is 10.8. The van der Waals surface area contributed by atoms with Gasteiger partial charge in [-0.15, -0.1) is 0 Å². The maximum absolute atomic E-state index is 13.1. The normalized spacial score (nSPS) is 34.3. The van der Waals surface area contributed by atoms with Gasteiger partial charge in [-0.2, -0.15) is 0 Å². The molecule has 0 bridgehead atoms. The van der Waals surface area contributed by atoms with E-state index < -0.39 is 64.9 Å². The lowest BCUT2D eigenvalue weighted by molar-refractivity contribution is -0.334. The van der Waals surface area contributed by atoms with Crippen LogP contribution < -0.4 is 0 Å². The number of Topliss-reactive ketones (excluding diaryl/α,β-unsaturated/α-hetero) is 2. The second kappa shape index (κ2) is 8.05. The van der Waals surface area contributed by atoms with E-state index in [0.717, 1.165) is 27.0 Å². The summed E-state index contributed by atoms with van der Waals surface area (Å²) in [5.74, 6) is -7.53. The topological polar surface area (TPSA) is 152 Å². The van der Waals surface area contributed by atoms with Crippen molar-refractivity contribution in [3.05, 3.63) is 23.2 Å². The van der Waals surface area contributed by atoms with Crippen LogP contribution in [0.25, 0.3) is 0 Å². The first kappa shape index (κ1) is 23.5. The molecule has 11 nitrogen and oxygen atoms in total. The van der Waals surface area contributed by atoms with Crippen molar-refractivity contribution in [3.63, 3.8) is 0 Å². The number of fused-ring (bicyclic) bond motifs is 1. The van der Waals surface area contributed by atoms with Gasteiger partial charge in [-0.25, -0.2) is 0 Å². The lowest BCUT2D eigenvalue weighted by atomic mass is 9.74. The number of ether oxygens (including phenoxy) is 5. The monoisotopic (exact) mass is 452 g/mol. The van der Waals surface area contributed by atoms with Crippen molar-refractivity contribution in [1.82, 2.24) is 0 Å². The fourth-order valence-electron chi connectivity index (χ4n) is 4.15. The number of aliphatic hydroxyl groups excluding tert-OH is 1. The molecule has 0 unspecified atom stereocenters. The Hall–Kier alpha value is -3.21. The molecule has 0 radical (unpaired) electrons. The van der Waals surface area contributed by atoms with Crippen molar-refractivity contribution in [3.8, 4) is 0 Å². The van der Waals surface area contributed by atoms with E-state index in [-0.39, 0.29) is 17.6 Å². The minimum absolute atomic E-state index is 0.253. The van der Waals surface area contributed by atoms with Crippen molar-refractivity contribution in [1.29, 1.82) is 0 Å². The van der Waals surface area contributed by atoms with Gasteiger partial charge in [-0.05, 0) is 26.7 Å². The van der Waals surface area contributed by atoms with Gasteiger partial charge >= 0.3 is 17.9 Å². The maximum Gasteiger partial charge on any atom is 0.304 e. The summed E-state index contributed by atoms with van der Waals surface area (Å²) in [5.41, 5.74) is -3.06. The molecule has 1 aliphatic carbocycles. The van der Waals surface area contributed by atoms with Crippen LogP contribution in [0.4, 0.5) is 0 Å². The average Bonchev–Trinajstić information content (AvgIpc) is 2.67. The smallest absolute Gasteiger partial charge is 0.304 e. The van der Waals surface area contributed by atoms with Gasteiger partial charge in [0.25, 0.3) is 5.79 Å². The highest BCUT2D eigenvalue weighted by Crippen LogP contribution is 2.47. The third-order valence-corrected chi connectivity index (χ3v) is 5.47. The Labute approximate surface area is 183 Å². The molecule has 2 heterocycles. The number of esters is 3. The number of ketones is 2. The number of rotatable bonds is 3. The molecule has 5 atom stereocenters. The second-order valence-electron chi connectivity index (χ2n) is 8.01. The Morgan fingerprint density at radius 3 is 2.22 bits per heavy atom. The van der Waals surface area contributed by atoms with E-state index in [1.807, 2.05) is 0 Å². The van der Waals surface area contributed by atoms with Crippen LogP contribution in [0.3, 0.4) is 0 Å². The van der Waals surface area contributed by atoms with Crippen LogP contribution in [0.5, 0.6) is 0 Å². The molecule has 0 amide bonds. The Morgan fingerprint density at radius 1 is 1.03 bits per heavy atom. The molecule has 0 aromatic heterocycles. The number of hydrogen-bond donors (Lipinski definition) is 1. The quantitative estimate of drug-likeness (QED) is 0.370. The van der Waals surface area contributed by atoms with Crippen LogP contribution >= 0.6 is 0 Å². The summed E-state index contributed by atoms with van der Waals surface area (Å²) in [6, 6.07) is 0. The van der Waals surface area contributed by atoms with Crippen molar-refractivity contribution in [2.45, 2.75) is 77.2 Å². The first-order valence-electron chi connectivity index (χ1n) is 9.96. The first-order chi connectivity index (χ1) is 14.8. The zero-order chi connectivity index (χ0) is 24.0. The van der Waals surface area contributed by atoms with Crippen LogP contribution in [0.1, 0.15) is 47.5 Å². The standard InChI is InChI=1S/C21H24O11/c1-9-6-7-14(29-10(2)22)21(31-9)19(30-11(3)23)15-13(8-28-21)17(26)20(5,32-12(4)24)18(27)16(15)25/h8-9,14,19,25H,6-7H2,1-5H3/t9-,14+,19+,20+,21-/m1/s1. The van der Waals surface area contributed by atoms with Crippen molar-refractivity contribution >= 4 is 29.5 Å². The van der Waals surface area contributed by atoms with Crippen LogP contribution in [-0.4, -0.2) is 64.3 Å². The summed E-state index contributed by atoms with van der Waals surface area (Å²) < 4.78 is 27.4. The highest BCUT2D eigenvalue weighted by molar-refractivity contribution is 6.27. The van der Waals surface area contributed by atoms with Crippen LogP contribution in [-0.2, 0) is 47.7 Å². The summed E-state index contributed by atoms with van der Waals surface area (Å²) in [4.78, 5) is 61.2. The predicted molar refractivity (Wildman–Crippen MR) is 103 cm³/mol. The highest BCUT2D eigenvalue weighted by atomic mass is 16.7. The Balaban J connectivity index is 2.22. The van der Waals surface area contributed by atoms with Gasteiger partial charge in [-0.3, -0.25) is 24.0 Å². The number of carbonyl (C=O) groups excluding carboxylic acids is 5. The molecule has 32 heavy (non-hydrogen) atoms. The minimum Gasteiger partial charge on any atom is -0.504 e. The molecular formula is C21H24O11. The van der Waals surface area contributed by atoms with Crippen LogP contribution in [0, 0.1) is 0 Å². The average molecular weight is 452 g/mol. The van der Waals surface area contributed by atoms with Gasteiger partial charge in [0.2, 0.25) is 23.3 Å². The van der Waals surface area contributed by atoms with Crippen LogP contribution in [0.15, 0.2) is 23.2 Å². The molecule has 0 saturated carbocycles. The molecule has 0 aromatic rings. The van der Waals surface area contributed by atoms with Crippen molar-refractivity contribution in [2.75, 3.05) is 0 Å². The predicted octanol–water partition coefficient (Wildman–Crippen LogP) is 0.945. The van der Waals surface area contributed by atoms with Crippen LogP contribution in [0.2, 0.25) is 0 Å². The Morgan fingerprint density at radius 2 is 1.66 bits per heavy atom. The number of carbonyl (C=O) groups is 5. The molecule has 2 aliphatic heterocycles. The van der Waals surface area contributed by atoms with E-state index in [1.165, 1.54) is 6.92 Å². The third kappa shape index (κ3) is 3.66. The summed E-state index contributed by atoms with van der Waals surface area (Å²) in [7, 11) is 0. The summed E-state index contributed by atoms with van der Waals surface area (Å²) in [6.45, 7) is 6.00. The fourth-order valence-corrected chi connectivity index (χ4v) is 4.15.